The number of amides is 2. The predicted molar refractivity (Wildman–Crippen MR) is 118 cm³/mol. The first-order valence-electron chi connectivity index (χ1n) is 9.66. The summed E-state index contributed by atoms with van der Waals surface area (Å²) in [7, 11) is -2.05. The number of morpholine rings is 1. The van der Waals surface area contributed by atoms with E-state index in [1.807, 2.05) is 0 Å². The van der Waals surface area contributed by atoms with Gasteiger partial charge in [0.2, 0.25) is 0 Å². The number of sulfone groups is 1. The number of hydrogen-bond donors (Lipinski definition) is 1. The lowest BCUT2D eigenvalue weighted by atomic mass is 10.2. The van der Waals surface area contributed by atoms with Crippen LogP contribution in [0.25, 0.3) is 0 Å². The molecule has 2 aromatic carbocycles. The molecule has 2 aromatic rings. The Kier molecular flexibility index (Phi) is 7.60. The zero-order chi connectivity index (χ0) is 23.3. The zero-order valence-electron chi connectivity index (χ0n) is 17.6. The minimum atomic E-state index is -3.46. The summed E-state index contributed by atoms with van der Waals surface area (Å²) in [5.41, 5.74) is 0.393. The summed E-state index contributed by atoms with van der Waals surface area (Å²) in [6.07, 6.45) is 1.06. The predicted octanol–water partition coefficient (Wildman–Crippen LogP) is 2.24. The van der Waals surface area contributed by atoms with Gasteiger partial charge in [0, 0.05) is 24.9 Å². The number of carbonyl (C=O) groups is 2. The summed E-state index contributed by atoms with van der Waals surface area (Å²) >= 11 is 6.10. The van der Waals surface area contributed by atoms with Gasteiger partial charge < -0.3 is 24.4 Å². The molecule has 0 aliphatic carbocycles. The highest BCUT2D eigenvalue weighted by molar-refractivity contribution is 7.90. The number of hydrogen-bond acceptors (Lipinski definition) is 7. The lowest BCUT2D eigenvalue weighted by Crippen LogP contribution is -2.43. The van der Waals surface area contributed by atoms with Crippen molar-refractivity contribution < 1.29 is 32.2 Å². The molecule has 32 heavy (non-hydrogen) atoms. The molecule has 1 fully saturated rings. The molecule has 0 bridgehead atoms. The Morgan fingerprint density at radius 1 is 1.12 bits per heavy atom. The number of halogens is 1. The van der Waals surface area contributed by atoms with Crippen molar-refractivity contribution in [2.45, 2.75) is 4.90 Å². The van der Waals surface area contributed by atoms with Gasteiger partial charge in [0.1, 0.15) is 0 Å². The molecule has 1 heterocycles. The third-order valence-corrected chi connectivity index (χ3v) is 6.19. The van der Waals surface area contributed by atoms with Crippen LogP contribution in [0.5, 0.6) is 11.5 Å². The summed E-state index contributed by atoms with van der Waals surface area (Å²) in [4.78, 5) is 26.6. The van der Waals surface area contributed by atoms with E-state index in [2.05, 4.69) is 5.32 Å². The fourth-order valence-electron chi connectivity index (χ4n) is 3.00. The van der Waals surface area contributed by atoms with Gasteiger partial charge in [0.25, 0.3) is 11.8 Å². The van der Waals surface area contributed by atoms with Crippen molar-refractivity contribution in [3.8, 4) is 11.5 Å². The van der Waals surface area contributed by atoms with E-state index in [0.717, 1.165) is 6.26 Å². The molecule has 0 spiro atoms. The van der Waals surface area contributed by atoms with Crippen LogP contribution in [0.3, 0.4) is 0 Å². The van der Waals surface area contributed by atoms with Crippen molar-refractivity contribution in [1.82, 2.24) is 4.90 Å². The first-order chi connectivity index (χ1) is 15.2. The minimum absolute atomic E-state index is 0.0310. The molecule has 1 N–H and O–H groups in total. The highest BCUT2D eigenvalue weighted by Gasteiger charge is 2.19. The second-order valence-electron chi connectivity index (χ2n) is 7.02. The Bertz CT molecular complexity index is 1120. The molecule has 9 nitrogen and oxygen atoms in total. The minimum Gasteiger partial charge on any atom is -0.493 e. The molecule has 0 atom stereocenters. The molecule has 2 amide bonds. The van der Waals surface area contributed by atoms with Gasteiger partial charge in [-0.05, 0) is 36.4 Å². The first kappa shape index (κ1) is 23.8. The summed E-state index contributed by atoms with van der Waals surface area (Å²) < 4.78 is 39.6. The van der Waals surface area contributed by atoms with E-state index in [-0.39, 0.29) is 39.4 Å². The molecule has 172 valence electrons. The molecular weight excluding hydrogens is 460 g/mol. The number of anilines is 1. The maximum absolute atomic E-state index is 12.7. The fraction of sp³-hybridized carbons (Fsp3) is 0.333. The average Bonchev–Trinajstić information content (AvgIpc) is 2.78. The van der Waals surface area contributed by atoms with E-state index in [1.165, 1.54) is 43.5 Å². The second kappa shape index (κ2) is 10.2. The van der Waals surface area contributed by atoms with Crippen LogP contribution in [0.2, 0.25) is 5.02 Å². The second-order valence-corrected chi connectivity index (χ2v) is 9.44. The van der Waals surface area contributed by atoms with Crippen molar-refractivity contribution in [2.24, 2.45) is 0 Å². The molecule has 0 unspecified atom stereocenters. The number of ether oxygens (including phenoxy) is 3. The number of rotatable bonds is 7. The molecule has 1 aliphatic heterocycles. The van der Waals surface area contributed by atoms with Crippen molar-refractivity contribution in [1.29, 1.82) is 0 Å². The summed E-state index contributed by atoms with van der Waals surface area (Å²) in [6.45, 7) is 1.85. The van der Waals surface area contributed by atoms with Crippen LogP contribution in [-0.2, 0) is 19.4 Å². The molecule has 1 aliphatic rings. The SMILES string of the molecule is COc1cc(C(=O)Nc2cc(S(C)(=O)=O)ccc2Cl)ccc1OCC(=O)N1CCOCC1. The molecule has 0 radical (unpaired) electrons. The normalized spacial score (nSPS) is 14.0. The Morgan fingerprint density at radius 3 is 2.50 bits per heavy atom. The van der Waals surface area contributed by atoms with Crippen LogP contribution in [0.15, 0.2) is 41.3 Å². The largest absolute Gasteiger partial charge is 0.493 e. The smallest absolute Gasteiger partial charge is 0.260 e. The van der Waals surface area contributed by atoms with Crippen LogP contribution in [0, 0.1) is 0 Å². The van der Waals surface area contributed by atoms with Gasteiger partial charge in [-0.2, -0.15) is 0 Å². The number of benzene rings is 2. The number of carbonyl (C=O) groups excluding carboxylic acids is 2. The quantitative estimate of drug-likeness (QED) is 0.644. The van der Waals surface area contributed by atoms with Crippen molar-refractivity contribution in [2.75, 3.05) is 51.6 Å². The van der Waals surface area contributed by atoms with Crippen molar-refractivity contribution in [3.63, 3.8) is 0 Å². The van der Waals surface area contributed by atoms with Crippen molar-refractivity contribution in [3.05, 3.63) is 47.0 Å². The van der Waals surface area contributed by atoms with Crippen LogP contribution in [0.1, 0.15) is 10.4 Å². The van der Waals surface area contributed by atoms with Gasteiger partial charge >= 0.3 is 0 Å². The molecule has 3 rings (SSSR count). The van der Waals surface area contributed by atoms with Crippen LogP contribution in [-0.4, -0.2) is 71.4 Å². The molecule has 0 aromatic heterocycles. The summed E-state index contributed by atoms with van der Waals surface area (Å²) in [6, 6.07) is 8.53. The Balaban J connectivity index is 1.71. The van der Waals surface area contributed by atoms with E-state index in [9.17, 15) is 18.0 Å². The summed E-state index contributed by atoms with van der Waals surface area (Å²) in [5.74, 6) is -0.115. The van der Waals surface area contributed by atoms with Crippen LogP contribution >= 0.6 is 11.6 Å². The number of nitrogens with one attached hydrogen (secondary N) is 1. The van der Waals surface area contributed by atoms with Gasteiger partial charge in [-0.3, -0.25) is 9.59 Å². The molecular formula is C21H23ClN2O7S. The van der Waals surface area contributed by atoms with E-state index >= 15 is 0 Å². The molecule has 0 saturated carbocycles. The summed E-state index contributed by atoms with van der Waals surface area (Å²) in [5, 5.41) is 2.79. The fourth-order valence-corrected chi connectivity index (χ4v) is 3.81. The van der Waals surface area contributed by atoms with E-state index < -0.39 is 15.7 Å². The van der Waals surface area contributed by atoms with E-state index in [4.69, 9.17) is 25.8 Å². The Labute approximate surface area is 191 Å². The van der Waals surface area contributed by atoms with Crippen LogP contribution < -0.4 is 14.8 Å². The van der Waals surface area contributed by atoms with Gasteiger partial charge in [-0.15, -0.1) is 0 Å². The maximum atomic E-state index is 12.7. The highest BCUT2D eigenvalue weighted by Crippen LogP contribution is 2.30. The van der Waals surface area contributed by atoms with Crippen LogP contribution in [0.4, 0.5) is 5.69 Å². The third kappa shape index (κ3) is 5.90. The van der Waals surface area contributed by atoms with Crippen molar-refractivity contribution >= 4 is 38.9 Å². The lowest BCUT2D eigenvalue weighted by molar-refractivity contribution is -0.137. The standard InChI is InChI=1S/C21H23ClN2O7S/c1-29-19-11-14(3-6-18(19)31-13-20(25)24-7-9-30-10-8-24)21(26)23-17-12-15(32(2,27)28)4-5-16(17)22/h3-6,11-12H,7-10,13H2,1-2H3,(H,23,26). The number of nitrogens with zero attached hydrogens (tertiary/aromatic N) is 1. The topological polar surface area (TPSA) is 111 Å². The highest BCUT2D eigenvalue weighted by atomic mass is 35.5. The molecule has 11 heteroatoms. The average molecular weight is 483 g/mol. The zero-order valence-corrected chi connectivity index (χ0v) is 19.2. The monoisotopic (exact) mass is 482 g/mol. The number of methoxy groups -OCH3 is 1. The van der Waals surface area contributed by atoms with E-state index in [1.54, 1.807) is 4.90 Å². The molecule has 1 saturated heterocycles. The third-order valence-electron chi connectivity index (χ3n) is 4.75. The van der Waals surface area contributed by atoms with Gasteiger partial charge in [-0.1, -0.05) is 11.6 Å². The Morgan fingerprint density at radius 2 is 1.84 bits per heavy atom. The van der Waals surface area contributed by atoms with E-state index in [0.29, 0.717) is 32.1 Å². The lowest BCUT2D eigenvalue weighted by Gasteiger charge is -2.26. The maximum Gasteiger partial charge on any atom is 0.260 e. The van der Waals surface area contributed by atoms with Gasteiger partial charge in [0.15, 0.2) is 27.9 Å². The van der Waals surface area contributed by atoms with Gasteiger partial charge in [-0.25, -0.2) is 8.42 Å². The first-order valence-corrected chi connectivity index (χ1v) is 11.9. The van der Waals surface area contributed by atoms with Gasteiger partial charge in [0.05, 0.1) is 35.9 Å². The Hall–Kier alpha value is -2.82.